The first kappa shape index (κ1) is 14.2. The molecule has 0 amide bonds. The molecule has 0 aliphatic rings. The van der Waals surface area contributed by atoms with Crippen LogP contribution in [0.2, 0.25) is 0 Å². The number of nitro benzene ring substituents is 1. The zero-order chi connectivity index (χ0) is 13.5. The van der Waals surface area contributed by atoms with Gasteiger partial charge in [0.15, 0.2) is 18.3 Å². The molecule has 0 saturated carbocycles. The minimum atomic E-state index is -0.585. The third kappa shape index (κ3) is 3.31. The highest BCUT2D eigenvalue weighted by Gasteiger charge is 2.19. The van der Waals surface area contributed by atoms with Crippen LogP contribution in [0.15, 0.2) is 12.1 Å². The summed E-state index contributed by atoms with van der Waals surface area (Å²) in [7, 11) is 1.41. The molecular weight excluding hydrogens is 242 g/mol. The number of nitro groups is 1. The molecule has 0 fully saturated rings. The normalized spacial score (nSPS) is 10.2. The Kier molecular flexibility index (Phi) is 5.34. The lowest BCUT2D eigenvalue weighted by Gasteiger charge is -2.11. The topological polar surface area (TPSA) is 91.1 Å². The predicted molar refractivity (Wildman–Crippen MR) is 62.7 cm³/mol. The van der Waals surface area contributed by atoms with Crippen molar-refractivity contribution in [1.82, 2.24) is 0 Å². The molecule has 0 atom stereocenters. The molecule has 0 unspecified atom stereocenters. The molecule has 0 aliphatic carbocycles. The van der Waals surface area contributed by atoms with Gasteiger partial charge < -0.3 is 19.3 Å². The highest BCUT2D eigenvalue weighted by Crippen LogP contribution is 2.34. The zero-order valence-electron chi connectivity index (χ0n) is 10.2. The van der Waals surface area contributed by atoms with E-state index in [-0.39, 0.29) is 23.8 Å². The van der Waals surface area contributed by atoms with Crippen LogP contribution in [0, 0.1) is 10.1 Å². The van der Waals surface area contributed by atoms with Crippen molar-refractivity contribution < 1.29 is 24.2 Å². The van der Waals surface area contributed by atoms with Crippen LogP contribution in [-0.2, 0) is 11.3 Å². The van der Waals surface area contributed by atoms with Gasteiger partial charge in [0.05, 0.1) is 30.3 Å². The summed E-state index contributed by atoms with van der Waals surface area (Å²) in [4.78, 5) is 10.2. The molecule has 0 aromatic heterocycles. The van der Waals surface area contributed by atoms with Gasteiger partial charge in [-0.3, -0.25) is 10.1 Å². The third-order valence-corrected chi connectivity index (χ3v) is 2.23. The van der Waals surface area contributed by atoms with E-state index < -0.39 is 11.5 Å². The molecule has 0 saturated heterocycles. The molecule has 0 bridgehead atoms. The molecule has 1 aromatic rings. The van der Waals surface area contributed by atoms with E-state index in [4.69, 9.17) is 19.3 Å². The molecule has 0 heterocycles. The summed E-state index contributed by atoms with van der Waals surface area (Å²) in [5.74, 6) is 0.513. The number of benzene rings is 1. The van der Waals surface area contributed by atoms with Gasteiger partial charge >= 0.3 is 0 Å². The van der Waals surface area contributed by atoms with E-state index in [0.717, 1.165) is 0 Å². The molecule has 0 spiro atoms. The number of aliphatic hydroxyl groups excluding tert-OH is 1. The van der Waals surface area contributed by atoms with Crippen LogP contribution in [0.4, 0.5) is 5.69 Å². The van der Waals surface area contributed by atoms with Gasteiger partial charge in [0.1, 0.15) is 0 Å². The fourth-order valence-corrected chi connectivity index (χ4v) is 1.35. The highest BCUT2D eigenvalue weighted by atomic mass is 16.7. The Morgan fingerprint density at radius 3 is 2.61 bits per heavy atom. The van der Waals surface area contributed by atoms with Crippen molar-refractivity contribution in [1.29, 1.82) is 0 Å². The maximum atomic E-state index is 10.8. The number of rotatable bonds is 7. The Hall–Kier alpha value is -1.86. The summed E-state index contributed by atoms with van der Waals surface area (Å²) < 4.78 is 15.3. The first-order valence-electron chi connectivity index (χ1n) is 5.30. The van der Waals surface area contributed by atoms with Crippen LogP contribution in [0.5, 0.6) is 11.5 Å². The van der Waals surface area contributed by atoms with Crippen molar-refractivity contribution in [3.63, 3.8) is 0 Å². The lowest BCUT2D eigenvalue weighted by atomic mass is 10.1. The number of methoxy groups -OCH3 is 1. The lowest BCUT2D eigenvalue weighted by molar-refractivity contribution is -0.386. The van der Waals surface area contributed by atoms with Gasteiger partial charge in [0.2, 0.25) is 0 Å². The standard InChI is InChI=1S/C11H15NO6/c1-3-17-7-18-11-5-9(12(14)15)8(6-13)4-10(11)16-2/h4-5,13H,3,6-7H2,1-2H3. The fourth-order valence-electron chi connectivity index (χ4n) is 1.35. The Morgan fingerprint density at radius 1 is 1.39 bits per heavy atom. The van der Waals surface area contributed by atoms with E-state index in [1.165, 1.54) is 19.2 Å². The molecule has 100 valence electrons. The van der Waals surface area contributed by atoms with Gasteiger partial charge in [0.25, 0.3) is 5.69 Å². The minimum Gasteiger partial charge on any atom is -0.493 e. The average molecular weight is 257 g/mol. The number of hydrogen-bond donors (Lipinski definition) is 1. The van der Waals surface area contributed by atoms with Gasteiger partial charge in [-0.05, 0) is 13.0 Å². The van der Waals surface area contributed by atoms with Crippen molar-refractivity contribution in [3.05, 3.63) is 27.8 Å². The Balaban J connectivity index is 3.07. The van der Waals surface area contributed by atoms with E-state index in [2.05, 4.69) is 0 Å². The molecule has 1 N–H and O–H groups in total. The number of aliphatic hydroxyl groups is 1. The van der Waals surface area contributed by atoms with Crippen LogP contribution in [-0.4, -0.2) is 30.5 Å². The first-order chi connectivity index (χ1) is 8.63. The van der Waals surface area contributed by atoms with Crippen LogP contribution < -0.4 is 9.47 Å². The molecule has 7 heteroatoms. The van der Waals surface area contributed by atoms with Gasteiger partial charge in [-0.25, -0.2) is 0 Å². The second-order valence-corrected chi connectivity index (χ2v) is 3.30. The number of hydrogen-bond acceptors (Lipinski definition) is 6. The van der Waals surface area contributed by atoms with Crippen LogP contribution in [0.1, 0.15) is 12.5 Å². The van der Waals surface area contributed by atoms with Crippen molar-refractivity contribution in [2.24, 2.45) is 0 Å². The summed E-state index contributed by atoms with van der Waals surface area (Å²) in [6.07, 6.45) is 0. The van der Waals surface area contributed by atoms with E-state index in [1.54, 1.807) is 6.92 Å². The van der Waals surface area contributed by atoms with Gasteiger partial charge in [-0.15, -0.1) is 0 Å². The van der Waals surface area contributed by atoms with E-state index in [0.29, 0.717) is 12.4 Å². The average Bonchev–Trinajstić information content (AvgIpc) is 2.38. The maximum absolute atomic E-state index is 10.8. The molecule has 1 rings (SSSR count). The smallest absolute Gasteiger partial charge is 0.278 e. The zero-order valence-corrected chi connectivity index (χ0v) is 10.2. The third-order valence-electron chi connectivity index (χ3n) is 2.23. The van der Waals surface area contributed by atoms with Crippen molar-refractivity contribution in [2.45, 2.75) is 13.5 Å². The van der Waals surface area contributed by atoms with E-state index in [9.17, 15) is 10.1 Å². The van der Waals surface area contributed by atoms with E-state index >= 15 is 0 Å². The number of ether oxygens (including phenoxy) is 3. The van der Waals surface area contributed by atoms with Crippen molar-refractivity contribution >= 4 is 5.69 Å². The second kappa shape index (κ2) is 6.77. The fraction of sp³-hybridized carbons (Fsp3) is 0.455. The quantitative estimate of drug-likeness (QED) is 0.344. The SMILES string of the molecule is CCOCOc1cc([N+](=O)[O-])c(CO)cc1OC. The number of nitrogens with zero attached hydrogens (tertiary/aromatic N) is 1. The Labute approximate surface area is 104 Å². The summed E-state index contributed by atoms with van der Waals surface area (Å²) in [5.41, 5.74) is -0.0505. The Bertz CT molecular complexity index is 420. The molecule has 1 aromatic carbocycles. The summed E-state index contributed by atoms with van der Waals surface area (Å²) in [6, 6.07) is 2.59. The molecular formula is C11H15NO6. The van der Waals surface area contributed by atoms with Crippen molar-refractivity contribution in [2.75, 3.05) is 20.5 Å². The van der Waals surface area contributed by atoms with E-state index in [1.807, 2.05) is 0 Å². The summed E-state index contributed by atoms with van der Waals surface area (Å²) in [6.45, 7) is 1.80. The van der Waals surface area contributed by atoms with Gasteiger partial charge in [0, 0.05) is 6.61 Å². The molecule has 7 nitrogen and oxygen atoms in total. The second-order valence-electron chi connectivity index (χ2n) is 3.30. The first-order valence-corrected chi connectivity index (χ1v) is 5.30. The maximum Gasteiger partial charge on any atom is 0.278 e. The summed E-state index contributed by atoms with van der Waals surface area (Å²) in [5, 5.41) is 19.9. The predicted octanol–water partition coefficient (Wildman–Crippen LogP) is 1.47. The monoisotopic (exact) mass is 257 g/mol. The highest BCUT2D eigenvalue weighted by molar-refractivity contribution is 5.54. The Morgan fingerprint density at radius 2 is 2.11 bits per heavy atom. The lowest BCUT2D eigenvalue weighted by Crippen LogP contribution is -2.05. The molecule has 0 radical (unpaired) electrons. The van der Waals surface area contributed by atoms with Gasteiger partial charge in [-0.2, -0.15) is 0 Å². The molecule has 18 heavy (non-hydrogen) atoms. The van der Waals surface area contributed by atoms with Crippen LogP contribution in [0.25, 0.3) is 0 Å². The van der Waals surface area contributed by atoms with Gasteiger partial charge in [-0.1, -0.05) is 0 Å². The van der Waals surface area contributed by atoms with Crippen LogP contribution >= 0.6 is 0 Å². The van der Waals surface area contributed by atoms with Crippen LogP contribution in [0.3, 0.4) is 0 Å². The largest absolute Gasteiger partial charge is 0.493 e. The summed E-state index contributed by atoms with van der Waals surface area (Å²) >= 11 is 0. The van der Waals surface area contributed by atoms with Crippen molar-refractivity contribution in [3.8, 4) is 11.5 Å². The molecule has 0 aliphatic heterocycles. The minimum absolute atomic E-state index is 0.0253.